The SMILES string of the molecule is O=C(O)C1CCN(S(=O)(=O)C=Cc2ccccc2)C1. The quantitative estimate of drug-likeness (QED) is 0.905. The molecule has 1 N–H and O–H groups in total. The van der Waals surface area contributed by atoms with Crippen molar-refractivity contribution in [3.63, 3.8) is 0 Å². The van der Waals surface area contributed by atoms with E-state index in [0.717, 1.165) is 11.0 Å². The molecule has 1 aromatic rings. The van der Waals surface area contributed by atoms with E-state index >= 15 is 0 Å². The fraction of sp³-hybridized carbons (Fsp3) is 0.308. The van der Waals surface area contributed by atoms with Gasteiger partial charge in [0.25, 0.3) is 0 Å². The van der Waals surface area contributed by atoms with E-state index in [2.05, 4.69) is 0 Å². The molecule has 1 saturated heterocycles. The van der Waals surface area contributed by atoms with Gasteiger partial charge in [-0.15, -0.1) is 0 Å². The third-order valence-corrected chi connectivity index (χ3v) is 4.62. The van der Waals surface area contributed by atoms with Gasteiger partial charge in [-0.1, -0.05) is 30.3 Å². The molecule has 0 aromatic heterocycles. The van der Waals surface area contributed by atoms with E-state index in [9.17, 15) is 13.2 Å². The molecule has 1 aromatic carbocycles. The third-order valence-electron chi connectivity index (χ3n) is 3.09. The Kier molecular flexibility index (Phi) is 4.01. The Morgan fingerprint density at radius 2 is 2.00 bits per heavy atom. The van der Waals surface area contributed by atoms with E-state index in [1.54, 1.807) is 12.1 Å². The normalized spacial score (nSPS) is 20.9. The van der Waals surface area contributed by atoms with Crippen LogP contribution >= 0.6 is 0 Å². The second-order valence-corrected chi connectivity index (χ2v) is 6.26. The van der Waals surface area contributed by atoms with Gasteiger partial charge in [0.2, 0.25) is 10.0 Å². The number of aliphatic carboxylic acids is 1. The van der Waals surface area contributed by atoms with E-state index < -0.39 is 21.9 Å². The fourth-order valence-corrected chi connectivity index (χ4v) is 3.22. The number of carboxylic acid groups (broad SMARTS) is 1. The molecule has 0 radical (unpaired) electrons. The summed E-state index contributed by atoms with van der Waals surface area (Å²) < 4.78 is 25.3. The number of sulfonamides is 1. The Balaban J connectivity index is 2.08. The molecule has 1 fully saturated rings. The molecule has 1 aliphatic heterocycles. The maximum Gasteiger partial charge on any atom is 0.307 e. The van der Waals surface area contributed by atoms with Gasteiger partial charge in [0.05, 0.1) is 5.92 Å². The van der Waals surface area contributed by atoms with Crippen LogP contribution in [0.5, 0.6) is 0 Å². The standard InChI is InChI=1S/C13H15NO4S/c15-13(16)12-6-8-14(10-12)19(17,18)9-7-11-4-2-1-3-5-11/h1-5,7,9,12H,6,8,10H2,(H,15,16). The van der Waals surface area contributed by atoms with Crippen LogP contribution in [-0.2, 0) is 14.8 Å². The Morgan fingerprint density at radius 3 is 2.58 bits per heavy atom. The Hall–Kier alpha value is -1.66. The van der Waals surface area contributed by atoms with Crippen LogP contribution in [0.2, 0.25) is 0 Å². The number of rotatable bonds is 4. The largest absolute Gasteiger partial charge is 0.481 e. The minimum atomic E-state index is -3.54. The second-order valence-electron chi connectivity index (χ2n) is 4.44. The van der Waals surface area contributed by atoms with Crippen LogP contribution < -0.4 is 0 Å². The highest BCUT2D eigenvalue weighted by atomic mass is 32.2. The topological polar surface area (TPSA) is 74.7 Å². The minimum Gasteiger partial charge on any atom is -0.481 e. The van der Waals surface area contributed by atoms with Crippen LogP contribution in [0.25, 0.3) is 6.08 Å². The van der Waals surface area contributed by atoms with Crippen molar-refractivity contribution in [2.24, 2.45) is 5.92 Å². The first kappa shape index (κ1) is 13.8. The minimum absolute atomic E-state index is 0.0524. The molecule has 0 aliphatic carbocycles. The summed E-state index contributed by atoms with van der Waals surface area (Å²) in [5.41, 5.74) is 0.792. The lowest BCUT2D eigenvalue weighted by atomic mass is 10.1. The Bertz CT molecular complexity index is 580. The van der Waals surface area contributed by atoms with Crippen molar-refractivity contribution in [1.82, 2.24) is 4.31 Å². The molecule has 5 nitrogen and oxygen atoms in total. The van der Waals surface area contributed by atoms with Crippen molar-refractivity contribution in [3.05, 3.63) is 41.3 Å². The van der Waals surface area contributed by atoms with Crippen LogP contribution in [0.4, 0.5) is 0 Å². The lowest BCUT2D eigenvalue weighted by Crippen LogP contribution is -2.28. The van der Waals surface area contributed by atoms with Crippen LogP contribution in [0, 0.1) is 5.92 Å². The summed E-state index contributed by atoms with van der Waals surface area (Å²) in [5, 5.41) is 10.00. The molecule has 1 heterocycles. The van der Waals surface area contributed by atoms with E-state index in [-0.39, 0.29) is 13.1 Å². The predicted octanol–water partition coefficient (Wildman–Crippen LogP) is 1.39. The van der Waals surface area contributed by atoms with Gasteiger partial charge in [-0.25, -0.2) is 8.42 Å². The molecule has 1 aliphatic rings. The maximum absolute atomic E-state index is 12.0. The van der Waals surface area contributed by atoms with Crippen molar-refractivity contribution >= 4 is 22.1 Å². The molecule has 0 saturated carbocycles. The van der Waals surface area contributed by atoms with E-state index in [0.29, 0.717) is 6.42 Å². The number of carbonyl (C=O) groups is 1. The van der Waals surface area contributed by atoms with E-state index in [1.165, 1.54) is 10.4 Å². The van der Waals surface area contributed by atoms with Gasteiger partial charge >= 0.3 is 5.97 Å². The number of hydrogen-bond donors (Lipinski definition) is 1. The van der Waals surface area contributed by atoms with Gasteiger partial charge in [0.1, 0.15) is 0 Å². The first-order valence-electron chi connectivity index (χ1n) is 5.95. The van der Waals surface area contributed by atoms with Gasteiger partial charge in [-0.2, -0.15) is 4.31 Å². The van der Waals surface area contributed by atoms with Crippen LogP contribution in [0.1, 0.15) is 12.0 Å². The van der Waals surface area contributed by atoms with E-state index in [1.807, 2.05) is 18.2 Å². The lowest BCUT2D eigenvalue weighted by Gasteiger charge is -2.12. The highest BCUT2D eigenvalue weighted by Crippen LogP contribution is 2.20. The monoisotopic (exact) mass is 281 g/mol. The van der Waals surface area contributed by atoms with E-state index in [4.69, 9.17) is 5.11 Å². The summed E-state index contributed by atoms with van der Waals surface area (Å²) in [5.74, 6) is -1.54. The average Bonchev–Trinajstić information content (AvgIpc) is 2.88. The van der Waals surface area contributed by atoms with Crippen LogP contribution in [0.3, 0.4) is 0 Å². The molecule has 102 valence electrons. The summed E-state index contributed by atoms with van der Waals surface area (Å²) >= 11 is 0. The van der Waals surface area contributed by atoms with Crippen molar-refractivity contribution in [2.75, 3.05) is 13.1 Å². The maximum atomic E-state index is 12.0. The van der Waals surface area contributed by atoms with Gasteiger partial charge in [-0.3, -0.25) is 4.79 Å². The van der Waals surface area contributed by atoms with Gasteiger partial charge in [-0.05, 0) is 18.1 Å². The highest BCUT2D eigenvalue weighted by molar-refractivity contribution is 7.92. The summed E-state index contributed by atoms with van der Waals surface area (Å²) in [6.07, 6.45) is 1.89. The first-order chi connectivity index (χ1) is 8.99. The third kappa shape index (κ3) is 3.42. The Morgan fingerprint density at radius 1 is 1.32 bits per heavy atom. The van der Waals surface area contributed by atoms with Crippen molar-refractivity contribution < 1.29 is 18.3 Å². The fourth-order valence-electron chi connectivity index (χ4n) is 1.98. The summed E-state index contributed by atoms with van der Waals surface area (Å²) in [4.78, 5) is 10.8. The van der Waals surface area contributed by atoms with Crippen LogP contribution in [0.15, 0.2) is 35.7 Å². The molecule has 0 bridgehead atoms. The average molecular weight is 281 g/mol. The molecule has 6 heteroatoms. The highest BCUT2D eigenvalue weighted by Gasteiger charge is 2.33. The molecule has 19 heavy (non-hydrogen) atoms. The first-order valence-corrected chi connectivity index (χ1v) is 7.45. The Labute approximate surface area is 112 Å². The van der Waals surface area contributed by atoms with Gasteiger partial charge in [0.15, 0.2) is 0 Å². The summed E-state index contributed by atoms with van der Waals surface area (Å²) in [6, 6.07) is 9.10. The molecule has 2 rings (SSSR count). The molecular formula is C13H15NO4S. The zero-order valence-corrected chi connectivity index (χ0v) is 11.1. The zero-order chi connectivity index (χ0) is 13.9. The molecule has 1 atom stereocenters. The molecule has 0 amide bonds. The number of carboxylic acids is 1. The second kappa shape index (κ2) is 5.54. The summed E-state index contributed by atoms with van der Waals surface area (Å²) in [7, 11) is -3.54. The lowest BCUT2D eigenvalue weighted by molar-refractivity contribution is -0.141. The number of nitrogens with zero attached hydrogens (tertiary/aromatic N) is 1. The molecular weight excluding hydrogens is 266 g/mol. The predicted molar refractivity (Wildman–Crippen MR) is 71.7 cm³/mol. The smallest absolute Gasteiger partial charge is 0.307 e. The van der Waals surface area contributed by atoms with Gasteiger partial charge in [0, 0.05) is 18.5 Å². The molecule has 1 unspecified atom stereocenters. The number of hydrogen-bond acceptors (Lipinski definition) is 3. The van der Waals surface area contributed by atoms with Crippen molar-refractivity contribution in [2.45, 2.75) is 6.42 Å². The number of benzene rings is 1. The van der Waals surface area contributed by atoms with Gasteiger partial charge < -0.3 is 5.11 Å². The van der Waals surface area contributed by atoms with Crippen molar-refractivity contribution in [3.8, 4) is 0 Å². The zero-order valence-electron chi connectivity index (χ0n) is 10.3. The van der Waals surface area contributed by atoms with Crippen molar-refractivity contribution in [1.29, 1.82) is 0 Å². The molecule has 0 spiro atoms. The summed E-state index contributed by atoms with van der Waals surface area (Å²) in [6.45, 7) is 0.315. The van der Waals surface area contributed by atoms with Crippen LogP contribution in [-0.4, -0.2) is 36.9 Å².